The van der Waals surface area contributed by atoms with Gasteiger partial charge in [0, 0.05) is 11.6 Å². The minimum absolute atomic E-state index is 0.00608. The maximum Gasteiger partial charge on any atom is 0.335 e. The van der Waals surface area contributed by atoms with E-state index >= 15 is 0 Å². The number of carbonyl (C=O) groups is 2. The summed E-state index contributed by atoms with van der Waals surface area (Å²) in [6.07, 6.45) is 3.77. The summed E-state index contributed by atoms with van der Waals surface area (Å²) in [5, 5.41) is 11.7. The first-order valence-electron chi connectivity index (χ1n) is 6.72. The average Bonchev–Trinajstić information content (AvgIpc) is 2.40. The fourth-order valence-electron chi connectivity index (χ4n) is 1.95. The van der Waals surface area contributed by atoms with E-state index < -0.39 is 5.97 Å². The Morgan fingerprint density at radius 2 is 2.05 bits per heavy atom. The zero-order chi connectivity index (χ0) is 14.3. The molecular weight excluding hydrogens is 242 g/mol. The molecular formula is C15H21NO3. The molecule has 0 aromatic heterocycles. The standard InChI is InChI=1S/C15H21NO3/c1-3-5-7-11(4-2)14(17)16-13-9-6-8-12(10-13)15(18)19/h6,8-11H,3-5,7H2,1-2H3,(H,16,17)(H,18,19). The number of nitrogens with one attached hydrogen (secondary N) is 1. The van der Waals surface area contributed by atoms with Crippen molar-refractivity contribution in [1.82, 2.24) is 0 Å². The van der Waals surface area contributed by atoms with Crippen LogP contribution in [0, 0.1) is 5.92 Å². The van der Waals surface area contributed by atoms with Crippen LogP contribution in [0.3, 0.4) is 0 Å². The highest BCUT2D eigenvalue weighted by molar-refractivity contribution is 5.94. The van der Waals surface area contributed by atoms with E-state index in [1.807, 2.05) is 6.92 Å². The van der Waals surface area contributed by atoms with Crippen molar-refractivity contribution in [2.75, 3.05) is 5.32 Å². The molecule has 104 valence electrons. The van der Waals surface area contributed by atoms with Gasteiger partial charge in [-0.15, -0.1) is 0 Å². The van der Waals surface area contributed by atoms with Crippen LogP contribution < -0.4 is 5.32 Å². The third-order valence-electron chi connectivity index (χ3n) is 3.15. The lowest BCUT2D eigenvalue weighted by atomic mass is 9.98. The Kier molecular flexibility index (Phi) is 6.06. The Morgan fingerprint density at radius 3 is 2.63 bits per heavy atom. The lowest BCUT2D eigenvalue weighted by molar-refractivity contribution is -0.120. The van der Waals surface area contributed by atoms with Gasteiger partial charge in [-0.1, -0.05) is 32.8 Å². The van der Waals surface area contributed by atoms with Crippen molar-refractivity contribution < 1.29 is 14.7 Å². The minimum atomic E-state index is -0.992. The van der Waals surface area contributed by atoms with Crippen LogP contribution in [0.25, 0.3) is 0 Å². The maximum atomic E-state index is 12.1. The first kappa shape index (κ1) is 15.2. The largest absolute Gasteiger partial charge is 0.478 e. The number of unbranched alkanes of at least 4 members (excludes halogenated alkanes) is 1. The molecule has 19 heavy (non-hydrogen) atoms. The zero-order valence-electron chi connectivity index (χ0n) is 11.5. The van der Waals surface area contributed by atoms with Crippen LogP contribution in [-0.4, -0.2) is 17.0 Å². The average molecular weight is 263 g/mol. The molecule has 0 saturated heterocycles. The smallest absolute Gasteiger partial charge is 0.335 e. The monoisotopic (exact) mass is 263 g/mol. The van der Waals surface area contributed by atoms with Gasteiger partial charge in [0.05, 0.1) is 5.56 Å². The third-order valence-corrected chi connectivity index (χ3v) is 3.15. The molecule has 0 aliphatic carbocycles. The number of aromatic carboxylic acids is 1. The van der Waals surface area contributed by atoms with Crippen molar-refractivity contribution in [3.63, 3.8) is 0 Å². The van der Waals surface area contributed by atoms with Crippen molar-refractivity contribution in [2.24, 2.45) is 5.92 Å². The zero-order valence-corrected chi connectivity index (χ0v) is 11.5. The Morgan fingerprint density at radius 1 is 1.32 bits per heavy atom. The van der Waals surface area contributed by atoms with Gasteiger partial charge in [-0.25, -0.2) is 4.79 Å². The number of anilines is 1. The van der Waals surface area contributed by atoms with Gasteiger partial charge in [0.2, 0.25) is 5.91 Å². The van der Waals surface area contributed by atoms with Gasteiger partial charge in [0.1, 0.15) is 0 Å². The number of carboxylic acids is 1. The lowest BCUT2D eigenvalue weighted by Crippen LogP contribution is -2.22. The molecule has 0 saturated carbocycles. The maximum absolute atomic E-state index is 12.1. The summed E-state index contributed by atoms with van der Waals surface area (Å²) in [5.74, 6) is -1.03. The Hall–Kier alpha value is -1.84. The molecule has 4 heteroatoms. The highest BCUT2D eigenvalue weighted by Gasteiger charge is 2.16. The summed E-state index contributed by atoms with van der Waals surface area (Å²) >= 11 is 0. The molecule has 1 atom stereocenters. The van der Waals surface area contributed by atoms with Crippen LogP contribution in [0.4, 0.5) is 5.69 Å². The molecule has 2 N–H and O–H groups in total. The van der Waals surface area contributed by atoms with Crippen molar-refractivity contribution >= 4 is 17.6 Å². The Bertz CT molecular complexity index is 443. The van der Waals surface area contributed by atoms with Gasteiger partial charge < -0.3 is 10.4 Å². The van der Waals surface area contributed by atoms with Crippen molar-refractivity contribution in [2.45, 2.75) is 39.5 Å². The van der Waals surface area contributed by atoms with E-state index in [9.17, 15) is 9.59 Å². The molecule has 0 aliphatic heterocycles. The fourth-order valence-corrected chi connectivity index (χ4v) is 1.95. The van der Waals surface area contributed by atoms with E-state index in [4.69, 9.17) is 5.11 Å². The first-order chi connectivity index (χ1) is 9.08. The van der Waals surface area contributed by atoms with Crippen molar-refractivity contribution in [3.8, 4) is 0 Å². The summed E-state index contributed by atoms with van der Waals surface area (Å²) in [5.41, 5.74) is 0.722. The summed E-state index contributed by atoms with van der Waals surface area (Å²) in [6.45, 7) is 4.09. The Labute approximate surface area is 113 Å². The number of benzene rings is 1. The molecule has 1 unspecified atom stereocenters. The van der Waals surface area contributed by atoms with Crippen LogP contribution in [0.2, 0.25) is 0 Å². The fraction of sp³-hybridized carbons (Fsp3) is 0.467. The third kappa shape index (κ3) is 4.73. The van der Waals surface area contributed by atoms with E-state index in [2.05, 4.69) is 12.2 Å². The Balaban J connectivity index is 2.69. The lowest BCUT2D eigenvalue weighted by Gasteiger charge is -2.14. The van der Waals surface area contributed by atoms with Gasteiger partial charge in [0.25, 0.3) is 0 Å². The second-order valence-corrected chi connectivity index (χ2v) is 4.62. The van der Waals surface area contributed by atoms with E-state index in [1.54, 1.807) is 12.1 Å². The predicted octanol–water partition coefficient (Wildman–Crippen LogP) is 3.54. The van der Waals surface area contributed by atoms with Crippen molar-refractivity contribution in [1.29, 1.82) is 0 Å². The topological polar surface area (TPSA) is 66.4 Å². The number of carboxylic acid groups (broad SMARTS) is 1. The predicted molar refractivity (Wildman–Crippen MR) is 75.3 cm³/mol. The normalized spacial score (nSPS) is 11.9. The second kappa shape index (κ2) is 7.56. The van der Waals surface area contributed by atoms with Crippen LogP contribution >= 0.6 is 0 Å². The van der Waals surface area contributed by atoms with Gasteiger partial charge in [-0.05, 0) is 31.0 Å². The second-order valence-electron chi connectivity index (χ2n) is 4.62. The van der Waals surface area contributed by atoms with Crippen LogP contribution in [0.15, 0.2) is 24.3 Å². The van der Waals surface area contributed by atoms with E-state index in [0.717, 1.165) is 25.7 Å². The first-order valence-corrected chi connectivity index (χ1v) is 6.72. The molecule has 0 spiro atoms. The van der Waals surface area contributed by atoms with Gasteiger partial charge >= 0.3 is 5.97 Å². The quantitative estimate of drug-likeness (QED) is 0.790. The molecule has 1 aromatic rings. The molecule has 0 bridgehead atoms. The van der Waals surface area contributed by atoms with Gasteiger partial charge in [-0.2, -0.15) is 0 Å². The molecule has 0 aliphatic rings. The summed E-state index contributed by atoms with van der Waals surface area (Å²) < 4.78 is 0. The molecule has 1 amide bonds. The number of rotatable bonds is 7. The van der Waals surface area contributed by atoms with E-state index in [0.29, 0.717) is 5.69 Å². The molecule has 1 rings (SSSR count). The minimum Gasteiger partial charge on any atom is -0.478 e. The summed E-state index contributed by atoms with van der Waals surface area (Å²) in [4.78, 5) is 22.9. The van der Waals surface area contributed by atoms with Crippen LogP contribution in [-0.2, 0) is 4.79 Å². The number of hydrogen-bond donors (Lipinski definition) is 2. The highest BCUT2D eigenvalue weighted by Crippen LogP contribution is 2.17. The highest BCUT2D eigenvalue weighted by atomic mass is 16.4. The van der Waals surface area contributed by atoms with Gasteiger partial charge in [0.15, 0.2) is 0 Å². The van der Waals surface area contributed by atoms with Crippen LogP contribution in [0.5, 0.6) is 0 Å². The number of amides is 1. The molecule has 0 fully saturated rings. The molecule has 0 radical (unpaired) electrons. The summed E-state index contributed by atoms with van der Waals surface area (Å²) in [6, 6.07) is 6.32. The van der Waals surface area contributed by atoms with E-state index in [1.165, 1.54) is 12.1 Å². The van der Waals surface area contributed by atoms with Crippen LogP contribution in [0.1, 0.15) is 49.9 Å². The molecule has 4 nitrogen and oxygen atoms in total. The molecule has 1 aromatic carbocycles. The van der Waals surface area contributed by atoms with Gasteiger partial charge in [-0.3, -0.25) is 4.79 Å². The number of carbonyl (C=O) groups excluding carboxylic acids is 1. The molecule has 0 heterocycles. The summed E-state index contributed by atoms with van der Waals surface area (Å²) in [7, 11) is 0. The SMILES string of the molecule is CCCCC(CC)C(=O)Nc1cccc(C(=O)O)c1. The van der Waals surface area contributed by atoms with E-state index in [-0.39, 0.29) is 17.4 Å². The van der Waals surface area contributed by atoms with Crippen molar-refractivity contribution in [3.05, 3.63) is 29.8 Å². The number of hydrogen-bond acceptors (Lipinski definition) is 2.